The van der Waals surface area contributed by atoms with Crippen molar-refractivity contribution in [1.82, 2.24) is 15.0 Å². The summed E-state index contributed by atoms with van der Waals surface area (Å²) in [5, 5.41) is 2.65. The molecule has 5 rings (SSSR count). The van der Waals surface area contributed by atoms with E-state index >= 15 is 0 Å². The fourth-order valence-electron chi connectivity index (χ4n) is 4.54. The average molecular weight is 496 g/mol. The molecule has 2 aromatic heterocycles. The Bertz CT molecular complexity index is 1340. The highest BCUT2D eigenvalue weighted by Crippen LogP contribution is 2.30. The van der Waals surface area contributed by atoms with Crippen LogP contribution in [0.2, 0.25) is 0 Å². The van der Waals surface area contributed by atoms with E-state index in [0.29, 0.717) is 11.3 Å². The van der Waals surface area contributed by atoms with E-state index < -0.39 is 18.1 Å². The van der Waals surface area contributed by atoms with Crippen LogP contribution in [-0.4, -0.2) is 47.4 Å². The number of aromatic nitrogens is 2. The topological polar surface area (TPSA) is 76.5 Å². The van der Waals surface area contributed by atoms with Crippen LogP contribution >= 0.6 is 0 Å². The van der Waals surface area contributed by atoms with E-state index in [1.165, 1.54) is 12.3 Å². The fraction of sp³-hybridized carbons (Fsp3) is 0.269. The van der Waals surface area contributed by atoms with Crippen LogP contribution < -0.4 is 15.1 Å². The Morgan fingerprint density at radius 1 is 1.08 bits per heavy atom. The standard InChI is InChI=1S/C26H23F3N4O3/c27-26(28,29)25(35)36-33-22-10-12-31-24(34)20(22)16-23(33)18-9-11-30-19(15-18)8-7-17-5-1-2-6-21(17)32-13-3-4-14-32/h1-2,5-9,11,15-16H,3-4,10,12-14H2,(H,31,34). The molecule has 36 heavy (non-hydrogen) atoms. The van der Waals surface area contributed by atoms with Crippen LogP contribution in [0, 0.1) is 0 Å². The number of para-hydroxylation sites is 1. The highest BCUT2D eigenvalue weighted by atomic mass is 19.4. The minimum atomic E-state index is -5.18. The molecule has 0 aliphatic carbocycles. The molecule has 186 valence electrons. The van der Waals surface area contributed by atoms with Gasteiger partial charge in [-0.2, -0.15) is 17.9 Å². The number of anilines is 1. The Morgan fingerprint density at radius 3 is 2.64 bits per heavy atom. The molecule has 1 aromatic carbocycles. The molecule has 0 spiro atoms. The largest absolute Gasteiger partial charge is 0.493 e. The molecule has 0 saturated carbocycles. The van der Waals surface area contributed by atoms with Gasteiger partial charge in [-0.25, -0.2) is 4.79 Å². The third-order valence-corrected chi connectivity index (χ3v) is 6.25. The van der Waals surface area contributed by atoms with Crippen molar-refractivity contribution in [3.8, 4) is 11.3 Å². The number of hydrogen-bond acceptors (Lipinski definition) is 5. The number of carbonyl (C=O) groups is 2. The van der Waals surface area contributed by atoms with Crippen LogP contribution in [0.25, 0.3) is 23.4 Å². The van der Waals surface area contributed by atoms with E-state index in [0.717, 1.165) is 41.9 Å². The summed E-state index contributed by atoms with van der Waals surface area (Å²) in [6.07, 6.45) is 2.63. The number of alkyl halides is 3. The van der Waals surface area contributed by atoms with Crippen molar-refractivity contribution in [2.24, 2.45) is 0 Å². The van der Waals surface area contributed by atoms with Crippen LogP contribution in [0.4, 0.5) is 18.9 Å². The normalized spacial score (nSPS) is 15.8. The van der Waals surface area contributed by atoms with Gasteiger partial charge in [-0.15, -0.1) is 0 Å². The van der Waals surface area contributed by atoms with Crippen molar-refractivity contribution >= 4 is 29.7 Å². The van der Waals surface area contributed by atoms with Crippen molar-refractivity contribution in [2.75, 3.05) is 24.5 Å². The number of carbonyl (C=O) groups excluding carboxylic acids is 2. The Balaban J connectivity index is 1.50. The SMILES string of the molecule is O=C1NCCc2c1cc(-c1ccnc(C=Cc3ccccc3N3CCCC3)c1)n2OC(=O)C(F)(F)F. The van der Waals surface area contributed by atoms with Crippen molar-refractivity contribution in [2.45, 2.75) is 25.4 Å². The van der Waals surface area contributed by atoms with E-state index in [1.54, 1.807) is 12.1 Å². The average Bonchev–Trinajstić information content (AvgIpc) is 3.52. The van der Waals surface area contributed by atoms with Gasteiger partial charge >= 0.3 is 12.1 Å². The molecular weight excluding hydrogens is 473 g/mol. The van der Waals surface area contributed by atoms with E-state index in [9.17, 15) is 22.8 Å². The predicted octanol–water partition coefficient (Wildman–Crippen LogP) is 4.12. The van der Waals surface area contributed by atoms with Gasteiger partial charge in [-0.1, -0.05) is 24.3 Å². The van der Waals surface area contributed by atoms with Gasteiger partial charge in [0.2, 0.25) is 0 Å². The highest BCUT2D eigenvalue weighted by molar-refractivity contribution is 5.98. The molecule has 1 amide bonds. The summed E-state index contributed by atoms with van der Waals surface area (Å²) >= 11 is 0. The molecule has 2 aliphatic heterocycles. The maximum Gasteiger partial charge on any atom is 0.493 e. The van der Waals surface area contributed by atoms with Crippen molar-refractivity contribution in [1.29, 1.82) is 0 Å². The Hall–Kier alpha value is -4.08. The van der Waals surface area contributed by atoms with Gasteiger partial charge in [-0.3, -0.25) is 9.78 Å². The molecule has 0 unspecified atom stereocenters. The van der Waals surface area contributed by atoms with Crippen LogP contribution in [0.5, 0.6) is 0 Å². The van der Waals surface area contributed by atoms with Crippen LogP contribution in [0.15, 0.2) is 48.7 Å². The summed E-state index contributed by atoms with van der Waals surface area (Å²) in [4.78, 5) is 35.4. The summed E-state index contributed by atoms with van der Waals surface area (Å²) in [5.41, 5.74) is 3.70. The molecule has 10 heteroatoms. The minimum absolute atomic E-state index is 0.157. The van der Waals surface area contributed by atoms with Crippen molar-refractivity contribution < 1.29 is 27.6 Å². The van der Waals surface area contributed by atoms with Crippen LogP contribution in [0.1, 0.15) is 40.2 Å². The molecule has 1 N–H and O–H groups in total. The third kappa shape index (κ3) is 4.71. The minimum Gasteiger partial charge on any atom is -0.371 e. The number of nitrogens with zero attached hydrogens (tertiary/aromatic N) is 3. The maximum atomic E-state index is 13.0. The van der Waals surface area contributed by atoms with Gasteiger partial charge in [0.25, 0.3) is 5.91 Å². The lowest BCUT2D eigenvalue weighted by atomic mass is 10.1. The third-order valence-electron chi connectivity index (χ3n) is 6.25. The number of halogens is 3. The number of rotatable bonds is 5. The van der Waals surface area contributed by atoms with Gasteiger partial charge in [0.05, 0.1) is 22.6 Å². The number of fused-ring (bicyclic) bond motifs is 1. The predicted molar refractivity (Wildman–Crippen MR) is 128 cm³/mol. The second-order valence-electron chi connectivity index (χ2n) is 8.62. The highest BCUT2D eigenvalue weighted by Gasteiger charge is 2.43. The summed E-state index contributed by atoms with van der Waals surface area (Å²) < 4.78 is 39.7. The molecule has 1 saturated heterocycles. The lowest BCUT2D eigenvalue weighted by molar-refractivity contribution is -0.199. The number of benzene rings is 1. The van der Waals surface area contributed by atoms with Gasteiger partial charge in [0.15, 0.2) is 0 Å². The van der Waals surface area contributed by atoms with Crippen LogP contribution in [-0.2, 0) is 11.2 Å². The number of nitrogens with one attached hydrogen (secondary N) is 1. The molecule has 0 bridgehead atoms. The molecule has 2 aliphatic rings. The molecule has 4 heterocycles. The summed E-state index contributed by atoms with van der Waals surface area (Å²) in [6.45, 7) is 2.23. The fourth-order valence-corrected chi connectivity index (χ4v) is 4.54. The monoisotopic (exact) mass is 496 g/mol. The first-order valence-electron chi connectivity index (χ1n) is 11.6. The van der Waals surface area contributed by atoms with Crippen LogP contribution in [0.3, 0.4) is 0 Å². The van der Waals surface area contributed by atoms with Gasteiger partial charge in [-0.05, 0) is 48.7 Å². The maximum absolute atomic E-state index is 13.0. The molecular formula is C26H23F3N4O3. The van der Waals surface area contributed by atoms with Crippen molar-refractivity contribution in [3.05, 3.63) is 71.2 Å². The quantitative estimate of drug-likeness (QED) is 0.575. The van der Waals surface area contributed by atoms with Gasteiger partial charge in [0.1, 0.15) is 0 Å². The lowest BCUT2D eigenvalue weighted by Crippen LogP contribution is -2.37. The van der Waals surface area contributed by atoms with E-state index in [1.807, 2.05) is 30.4 Å². The summed E-state index contributed by atoms with van der Waals surface area (Å²) in [7, 11) is 0. The number of pyridine rings is 1. The molecule has 7 nitrogen and oxygen atoms in total. The smallest absolute Gasteiger partial charge is 0.371 e. The zero-order valence-electron chi connectivity index (χ0n) is 19.2. The summed E-state index contributed by atoms with van der Waals surface area (Å²) in [5.74, 6) is -2.80. The Morgan fingerprint density at radius 2 is 1.86 bits per heavy atom. The zero-order valence-corrected chi connectivity index (χ0v) is 19.2. The molecule has 0 atom stereocenters. The first-order chi connectivity index (χ1) is 17.3. The number of hydrogen-bond donors (Lipinski definition) is 1. The van der Waals surface area contributed by atoms with Gasteiger partial charge in [0, 0.05) is 43.5 Å². The van der Waals surface area contributed by atoms with E-state index in [4.69, 9.17) is 4.84 Å². The molecule has 3 aromatic rings. The Labute approximate surface area is 205 Å². The first kappa shape index (κ1) is 23.7. The van der Waals surface area contributed by atoms with Crippen molar-refractivity contribution in [3.63, 3.8) is 0 Å². The first-order valence-corrected chi connectivity index (χ1v) is 11.6. The molecule has 1 fully saturated rings. The second kappa shape index (κ2) is 9.52. The number of amides is 1. The second-order valence-corrected chi connectivity index (χ2v) is 8.62. The lowest BCUT2D eigenvalue weighted by Gasteiger charge is -2.20. The summed E-state index contributed by atoms with van der Waals surface area (Å²) in [6, 6.07) is 12.7. The van der Waals surface area contributed by atoms with E-state index in [2.05, 4.69) is 21.3 Å². The zero-order chi connectivity index (χ0) is 25.3. The Kier molecular flexibility index (Phi) is 6.26. The van der Waals surface area contributed by atoms with Gasteiger partial charge < -0.3 is 15.1 Å². The molecule has 0 radical (unpaired) electrons. The van der Waals surface area contributed by atoms with E-state index in [-0.39, 0.29) is 29.9 Å².